The molecule has 3 heteroatoms. The van der Waals surface area contributed by atoms with Crippen LogP contribution in [0.15, 0.2) is 18.2 Å². The number of hydrogen-bond acceptors (Lipinski definition) is 2. The molecule has 0 aromatic heterocycles. The SMILES string of the molecule is CCOP(OCC)c1cc(C)ccc1C. The van der Waals surface area contributed by atoms with E-state index in [2.05, 4.69) is 32.0 Å². The van der Waals surface area contributed by atoms with Crippen LogP contribution in [0.2, 0.25) is 0 Å². The Morgan fingerprint density at radius 2 is 1.67 bits per heavy atom. The fourth-order valence-electron chi connectivity index (χ4n) is 1.33. The minimum Gasteiger partial charge on any atom is -0.331 e. The van der Waals surface area contributed by atoms with E-state index in [1.54, 1.807) is 0 Å². The molecule has 2 nitrogen and oxygen atoms in total. The van der Waals surface area contributed by atoms with Gasteiger partial charge in [0.1, 0.15) is 0 Å². The van der Waals surface area contributed by atoms with Crippen LogP contribution in [0.3, 0.4) is 0 Å². The highest BCUT2D eigenvalue weighted by Crippen LogP contribution is 2.38. The number of benzene rings is 1. The molecule has 0 saturated carbocycles. The third kappa shape index (κ3) is 3.57. The Kier molecular flexibility index (Phi) is 5.24. The highest BCUT2D eigenvalue weighted by Gasteiger charge is 2.15. The molecule has 0 atom stereocenters. The van der Waals surface area contributed by atoms with E-state index in [-0.39, 0.29) is 0 Å². The summed E-state index contributed by atoms with van der Waals surface area (Å²) in [5.41, 5.74) is 2.50. The average Bonchev–Trinajstić information content (AvgIpc) is 2.21. The van der Waals surface area contributed by atoms with E-state index in [4.69, 9.17) is 9.05 Å². The van der Waals surface area contributed by atoms with Gasteiger partial charge < -0.3 is 9.05 Å². The smallest absolute Gasteiger partial charge is 0.205 e. The molecule has 0 aliphatic heterocycles. The van der Waals surface area contributed by atoms with Gasteiger partial charge in [-0.1, -0.05) is 17.7 Å². The number of hydrogen-bond donors (Lipinski definition) is 0. The van der Waals surface area contributed by atoms with Gasteiger partial charge in [0.25, 0.3) is 0 Å². The van der Waals surface area contributed by atoms with Gasteiger partial charge in [-0.25, -0.2) is 0 Å². The lowest BCUT2D eigenvalue weighted by Crippen LogP contribution is -2.10. The Hall–Kier alpha value is -0.430. The van der Waals surface area contributed by atoms with E-state index >= 15 is 0 Å². The zero-order valence-electron chi connectivity index (χ0n) is 9.91. The molecule has 0 radical (unpaired) electrons. The average molecular weight is 226 g/mol. The Labute approximate surface area is 93.5 Å². The van der Waals surface area contributed by atoms with E-state index in [1.807, 2.05) is 13.8 Å². The lowest BCUT2D eigenvalue weighted by Gasteiger charge is -2.18. The molecule has 1 aromatic rings. The normalized spacial score (nSPS) is 11.0. The first-order valence-corrected chi connectivity index (χ1v) is 6.50. The minimum absolute atomic E-state index is 0.694. The largest absolute Gasteiger partial charge is 0.331 e. The second-order valence-electron chi connectivity index (χ2n) is 3.38. The third-order valence-corrected chi connectivity index (χ3v) is 3.91. The Morgan fingerprint density at radius 1 is 1.07 bits per heavy atom. The monoisotopic (exact) mass is 226 g/mol. The van der Waals surface area contributed by atoms with Crippen molar-refractivity contribution in [3.8, 4) is 0 Å². The Balaban J connectivity index is 2.93. The van der Waals surface area contributed by atoms with Crippen LogP contribution >= 0.6 is 8.38 Å². The number of rotatable bonds is 5. The maximum Gasteiger partial charge on any atom is 0.205 e. The summed E-state index contributed by atoms with van der Waals surface area (Å²) in [6.07, 6.45) is 0. The van der Waals surface area contributed by atoms with Crippen LogP contribution < -0.4 is 5.30 Å². The predicted molar refractivity (Wildman–Crippen MR) is 65.7 cm³/mol. The summed E-state index contributed by atoms with van der Waals surface area (Å²) < 4.78 is 11.3. The zero-order chi connectivity index (χ0) is 11.3. The van der Waals surface area contributed by atoms with Gasteiger partial charge in [-0.3, -0.25) is 0 Å². The van der Waals surface area contributed by atoms with Crippen LogP contribution in [-0.2, 0) is 9.05 Å². The van der Waals surface area contributed by atoms with Gasteiger partial charge in [0.05, 0.1) is 13.2 Å². The Bertz CT molecular complexity index is 306. The van der Waals surface area contributed by atoms with Crippen molar-refractivity contribution >= 4 is 13.7 Å². The van der Waals surface area contributed by atoms with E-state index in [0.29, 0.717) is 13.2 Å². The van der Waals surface area contributed by atoms with E-state index in [0.717, 1.165) is 0 Å². The molecule has 0 aliphatic rings. The molecule has 0 saturated heterocycles. The zero-order valence-corrected chi connectivity index (χ0v) is 10.8. The quantitative estimate of drug-likeness (QED) is 0.717. The molecule has 1 rings (SSSR count). The maximum atomic E-state index is 5.65. The molecule has 0 N–H and O–H groups in total. The molecule has 1 aromatic carbocycles. The molecule has 84 valence electrons. The van der Waals surface area contributed by atoms with Crippen molar-refractivity contribution in [3.63, 3.8) is 0 Å². The summed E-state index contributed by atoms with van der Waals surface area (Å²) >= 11 is 0. The molecule has 0 fully saturated rings. The second-order valence-corrected chi connectivity index (χ2v) is 4.90. The van der Waals surface area contributed by atoms with Gasteiger partial charge in [-0.05, 0) is 39.3 Å². The molecule has 15 heavy (non-hydrogen) atoms. The van der Waals surface area contributed by atoms with Crippen LogP contribution in [0.25, 0.3) is 0 Å². The summed E-state index contributed by atoms with van der Waals surface area (Å²) in [5, 5.41) is 1.20. The van der Waals surface area contributed by atoms with Crippen molar-refractivity contribution in [2.75, 3.05) is 13.2 Å². The van der Waals surface area contributed by atoms with Gasteiger partial charge in [0, 0.05) is 5.30 Å². The van der Waals surface area contributed by atoms with E-state index in [1.165, 1.54) is 16.4 Å². The number of aryl methyl sites for hydroxylation is 2. The summed E-state index contributed by atoms with van der Waals surface area (Å²) in [4.78, 5) is 0. The lowest BCUT2D eigenvalue weighted by molar-refractivity contribution is 0.277. The first-order chi connectivity index (χ1) is 7.19. The summed E-state index contributed by atoms with van der Waals surface area (Å²) in [6, 6.07) is 6.40. The highest BCUT2D eigenvalue weighted by molar-refractivity contribution is 7.56. The molecule has 0 bridgehead atoms. The fourth-order valence-corrected chi connectivity index (χ4v) is 2.82. The van der Waals surface area contributed by atoms with Crippen molar-refractivity contribution in [1.29, 1.82) is 0 Å². The van der Waals surface area contributed by atoms with Crippen molar-refractivity contribution in [3.05, 3.63) is 29.3 Å². The van der Waals surface area contributed by atoms with Crippen LogP contribution in [0.1, 0.15) is 25.0 Å². The summed E-state index contributed by atoms with van der Waals surface area (Å²) in [6.45, 7) is 9.58. The highest BCUT2D eigenvalue weighted by atomic mass is 31.2. The van der Waals surface area contributed by atoms with Crippen LogP contribution in [-0.4, -0.2) is 13.2 Å². The van der Waals surface area contributed by atoms with Gasteiger partial charge in [0.15, 0.2) is 0 Å². The summed E-state index contributed by atoms with van der Waals surface area (Å²) in [7, 11) is -0.893. The van der Waals surface area contributed by atoms with Gasteiger partial charge in [0.2, 0.25) is 8.38 Å². The molecule has 0 heterocycles. The van der Waals surface area contributed by atoms with E-state index in [9.17, 15) is 0 Å². The van der Waals surface area contributed by atoms with Crippen molar-refractivity contribution in [2.24, 2.45) is 0 Å². The van der Waals surface area contributed by atoms with Crippen molar-refractivity contribution in [2.45, 2.75) is 27.7 Å². The lowest BCUT2D eigenvalue weighted by atomic mass is 10.2. The maximum absolute atomic E-state index is 5.65. The van der Waals surface area contributed by atoms with Gasteiger partial charge >= 0.3 is 0 Å². The first kappa shape index (κ1) is 12.6. The first-order valence-electron chi connectivity index (χ1n) is 5.32. The van der Waals surface area contributed by atoms with Crippen LogP contribution in [0.5, 0.6) is 0 Å². The van der Waals surface area contributed by atoms with Crippen molar-refractivity contribution < 1.29 is 9.05 Å². The van der Waals surface area contributed by atoms with Gasteiger partial charge in [-0.15, -0.1) is 0 Å². The second kappa shape index (κ2) is 6.22. The third-order valence-electron chi connectivity index (χ3n) is 2.05. The standard InChI is InChI=1S/C12H19O2P/c1-5-13-15(14-6-2)12-9-10(3)7-8-11(12)4/h7-9H,5-6H2,1-4H3. The summed E-state index contributed by atoms with van der Waals surface area (Å²) in [5.74, 6) is 0. The molecule has 0 amide bonds. The van der Waals surface area contributed by atoms with Crippen molar-refractivity contribution in [1.82, 2.24) is 0 Å². The fraction of sp³-hybridized carbons (Fsp3) is 0.500. The van der Waals surface area contributed by atoms with Crippen LogP contribution in [0.4, 0.5) is 0 Å². The molecule has 0 aliphatic carbocycles. The van der Waals surface area contributed by atoms with E-state index < -0.39 is 8.38 Å². The minimum atomic E-state index is -0.893. The molecular weight excluding hydrogens is 207 g/mol. The Morgan fingerprint density at radius 3 is 2.20 bits per heavy atom. The molecular formula is C12H19O2P. The van der Waals surface area contributed by atoms with Crippen LogP contribution in [0, 0.1) is 13.8 Å². The predicted octanol–water partition coefficient (Wildman–Crippen LogP) is 3.31. The molecule has 0 unspecified atom stereocenters. The topological polar surface area (TPSA) is 18.5 Å². The molecule has 0 spiro atoms. The van der Waals surface area contributed by atoms with Gasteiger partial charge in [-0.2, -0.15) is 0 Å².